The molecule has 2 rings (SSSR count). The van der Waals surface area contributed by atoms with Crippen molar-refractivity contribution in [1.29, 1.82) is 0 Å². The number of nitrogens with one attached hydrogen (secondary N) is 2. The molecule has 15 heteroatoms. The van der Waals surface area contributed by atoms with Crippen molar-refractivity contribution in [3.63, 3.8) is 0 Å². The summed E-state index contributed by atoms with van der Waals surface area (Å²) in [7, 11) is 3.12. The summed E-state index contributed by atoms with van der Waals surface area (Å²) in [5, 5.41) is 44.5. The fourth-order valence-corrected chi connectivity index (χ4v) is 4.90. The van der Waals surface area contributed by atoms with Gasteiger partial charge >= 0.3 is 0 Å². The Balaban J connectivity index is 0.00000648. The molecule has 209 valence electrons. The van der Waals surface area contributed by atoms with E-state index in [1.54, 1.807) is 49.3 Å². The summed E-state index contributed by atoms with van der Waals surface area (Å²) in [6, 6.07) is -1.27. The maximum Gasteiger partial charge on any atom is 0.252 e. The number of aliphatic hydroxyl groups is 4. The predicted molar refractivity (Wildman–Crippen MR) is 131 cm³/mol. The number of rotatable bonds is 12. The summed E-state index contributed by atoms with van der Waals surface area (Å²) in [5.41, 5.74) is 8.48. The fourth-order valence-electron chi connectivity index (χ4n) is 3.80. The van der Waals surface area contributed by atoms with Crippen molar-refractivity contribution >= 4 is 27.5 Å². The van der Waals surface area contributed by atoms with Crippen LogP contribution in [0, 0.1) is 44.1 Å². The average Bonchev–Trinajstić information content (AvgIpc) is 2.79. The molecular formula is C21H39AcN2O10S2-. The predicted octanol–water partition coefficient (Wildman–Crippen LogP) is -0.337. The summed E-state index contributed by atoms with van der Waals surface area (Å²) < 4.78 is 28.3. The van der Waals surface area contributed by atoms with Gasteiger partial charge in [0.25, 0.3) is 5.91 Å². The van der Waals surface area contributed by atoms with Crippen molar-refractivity contribution in [2.75, 3.05) is 25.2 Å². The van der Waals surface area contributed by atoms with E-state index in [0.717, 1.165) is 0 Å². The molecule has 0 aromatic carbocycles. The van der Waals surface area contributed by atoms with Gasteiger partial charge in [-0.3, -0.25) is 4.79 Å². The summed E-state index contributed by atoms with van der Waals surface area (Å²) in [6.07, 6.45) is -11.0. The van der Waals surface area contributed by atoms with Crippen molar-refractivity contribution in [2.45, 2.75) is 101 Å². The second kappa shape index (κ2) is 17.1. The summed E-state index contributed by atoms with van der Waals surface area (Å²) in [4.78, 5) is 12.9. The molecule has 2 saturated heterocycles. The Hall–Kier alpha value is 1.21. The van der Waals surface area contributed by atoms with Crippen molar-refractivity contribution in [3.8, 4) is 0 Å². The van der Waals surface area contributed by atoms with Crippen LogP contribution in [0.1, 0.15) is 27.7 Å². The van der Waals surface area contributed by atoms with Gasteiger partial charge in [-0.05, 0) is 34.0 Å². The monoisotopic (exact) mass is 770 g/mol. The standard InChI is InChI=1S/C21H39N2O10S2.Ac/c1-9(2)29-17-14(26)15(27)21(33-18(17)19(28)23-6-7-35-34-5)32-16-12(22)20(30-10(3)4)31-11(8-24)13(16)25;/h9-18,20-22,24-27H,6-8H2,1-5H3,(H,23,28);/q-1;. The Morgan fingerprint density at radius 3 is 2.19 bits per heavy atom. The molecule has 0 aromatic rings. The molecule has 6 N–H and O–H groups in total. The van der Waals surface area contributed by atoms with E-state index in [-0.39, 0.29) is 56.3 Å². The number of amides is 1. The zero-order chi connectivity index (χ0) is 26.3. The third-order valence-corrected chi connectivity index (χ3v) is 7.20. The third-order valence-electron chi connectivity index (χ3n) is 5.39. The zero-order valence-electron chi connectivity index (χ0n) is 21.2. The van der Waals surface area contributed by atoms with Gasteiger partial charge in [-0.25, -0.2) is 0 Å². The molecule has 10 unspecified atom stereocenters. The van der Waals surface area contributed by atoms with Crippen LogP contribution in [0.3, 0.4) is 0 Å². The molecule has 1 amide bonds. The Morgan fingerprint density at radius 1 is 1.00 bits per heavy atom. The molecule has 0 aliphatic carbocycles. The van der Waals surface area contributed by atoms with E-state index in [1.807, 2.05) is 6.26 Å². The van der Waals surface area contributed by atoms with Gasteiger partial charge in [-0.15, -0.1) is 0 Å². The number of carbonyl (C=O) groups excluding carboxylic acids is 1. The number of carbonyl (C=O) groups is 1. The van der Waals surface area contributed by atoms with Crippen molar-refractivity contribution in [3.05, 3.63) is 5.73 Å². The van der Waals surface area contributed by atoms with Crippen LogP contribution >= 0.6 is 21.6 Å². The number of hydrogen-bond acceptors (Lipinski definition) is 12. The fraction of sp³-hybridized carbons (Fsp3) is 0.952. The molecule has 1 radical (unpaired) electrons. The molecule has 2 fully saturated rings. The van der Waals surface area contributed by atoms with Gasteiger partial charge in [0.2, 0.25) is 0 Å². The van der Waals surface area contributed by atoms with Crippen LogP contribution < -0.4 is 5.32 Å². The zero-order valence-corrected chi connectivity index (χ0v) is 27.6. The van der Waals surface area contributed by atoms with E-state index in [1.165, 1.54) is 0 Å². The minimum atomic E-state index is -1.64. The Morgan fingerprint density at radius 2 is 1.64 bits per heavy atom. The average molecular weight is 771 g/mol. The van der Waals surface area contributed by atoms with E-state index < -0.39 is 73.9 Å². The molecule has 2 aliphatic rings. The van der Waals surface area contributed by atoms with Gasteiger partial charge in [0.05, 0.1) is 24.9 Å². The van der Waals surface area contributed by atoms with Gasteiger partial charge in [-0.1, -0.05) is 27.6 Å². The van der Waals surface area contributed by atoms with Gasteiger partial charge < -0.3 is 55.2 Å². The first kappa shape index (κ1) is 35.2. The molecule has 0 bridgehead atoms. The molecule has 0 saturated carbocycles. The van der Waals surface area contributed by atoms with Crippen molar-refractivity contribution in [2.24, 2.45) is 0 Å². The Labute approximate surface area is 256 Å². The van der Waals surface area contributed by atoms with Crippen molar-refractivity contribution < 1.29 is 93.0 Å². The molecule has 0 aromatic heterocycles. The van der Waals surface area contributed by atoms with E-state index in [4.69, 9.17) is 29.4 Å². The van der Waals surface area contributed by atoms with Crippen LogP contribution in [0.4, 0.5) is 0 Å². The molecule has 2 heterocycles. The summed E-state index contributed by atoms with van der Waals surface area (Å²) in [6.45, 7) is 6.71. The smallest absolute Gasteiger partial charge is 0.252 e. The van der Waals surface area contributed by atoms with Gasteiger partial charge in [0.15, 0.2) is 12.4 Å². The first-order valence-electron chi connectivity index (χ1n) is 11.6. The van der Waals surface area contributed by atoms with Crippen LogP contribution in [0.2, 0.25) is 0 Å². The van der Waals surface area contributed by atoms with Crippen LogP contribution in [-0.2, 0) is 28.5 Å². The van der Waals surface area contributed by atoms with Gasteiger partial charge in [0, 0.05) is 56.4 Å². The maximum atomic E-state index is 12.9. The first-order chi connectivity index (χ1) is 16.5. The molecule has 0 spiro atoms. The second-order valence-corrected chi connectivity index (χ2v) is 11.5. The van der Waals surface area contributed by atoms with E-state index in [0.29, 0.717) is 12.3 Å². The quantitative estimate of drug-likeness (QED) is 0.129. The Kier molecular flexibility index (Phi) is 16.8. The van der Waals surface area contributed by atoms with Crippen molar-refractivity contribution in [1.82, 2.24) is 5.32 Å². The maximum absolute atomic E-state index is 12.9. The molecule has 12 nitrogen and oxygen atoms in total. The SMILES string of the molecule is CSSCCNC(=O)C1OC(OC2C([NH-])C(OC(C)C)OC(CO)C2O)C(O)C(O)C1OC(C)C.[Ac]. The minimum Gasteiger partial charge on any atom is -0.668 e. The molecular weight excluding hydrogens is 731 g/mol. The van der Waals surface area contributed by atoms with Gasteiger partial charge in [-0.2, -0.15) is 0 Å². The largest absolute Gasteiger partial charge is 0.668 e. The van der Waals surface area contributed by atoms with Crippen LogP contribution in [0.15, 0.2) is 0 Å². The van der Waals surface area contributed by atoms with Crippen LogP contribution in [0.25, 0.3) is 5.73 Å². The van der Waals surface area contributed by atoms with Crippen LogP contribution in [-0.4, -0.2) is 125 Å². The topological polar surface area (TPSA) is 180 Å². The Bertz CT molecular complexity index is 656. The third kappa shape index (κ3) is 9.69. The summed E-state index contributed by atoms with van der Waals surface area (Å²) in [5.74, 6) is 0.0933. The number of hydrogen-bond donors (Lipinski definition) is 5. The first-order valence-corrected chi connectivity index (χ1v) is 14.3. The van der Waals surface area contributed by atoms with Crippen LogP contribution in [0.5, 0.6) is 0 Å². The molecule has 2 aliphatic heterocycles. The summed E-state index contributed by atoms with van der Waals surface area (Å²) >= 11 is 0. The van der Waals surface area contributed by atoms with E-state index in [2.05, 4.69) is 5.32 Å². The number of aliphatic hydroxyl groups excluding tert-OH is 4. The van der Waals surface area contributed by atoms with E-state index >= 15 is 0 Å². The number of ether oxygens (including phenoxy) is 5. The van der Waals surface area contributed by atoms with Gasteiger partial charge in [0.1, 0.15) is 36.8 Å². The second-order valence-electron chi connectivity index (χ2n) is 8.86. The normalized spacial score (nSPS) is 37.1. The minimum absolute atomic E-state index is 0. The molecule has 10 atom stereocenters. The molecule has 36 heavy (non-hydrogen) atoms. The van der Waals surface area contributed by atoms with E-state index in [9.17, 15) is 25.2 Å².